The van der Waals surface area contributed by atoms with Gasteiger partial charge in [0.2, 0.25) is 5.91 Å². The van der Waals surface area contributed by atoms with Crippen LogP contribution >= 0.6 is 0 Å². The Hall–Kier alpha value is -3.55. The fraction of sp³-hybridized carbons (Fsp3) is 0.167. The van der Waals surface area contributed by atoms with E-state index in [9.17, 15) is 4.79 Å². The molecule has 1 amide bonds. The van der Waals surface area contributed by atoms with E-state index in [0.717, 1.165) is 16.8 Å². The third-order valence-corrected chi connectivity index (χ3v) is 3.90. The summed E-state index contributed by atoms with van der Waals surface area (Å²) in [4.78, 5) is 16.5. The van der Waals surface area contributed by atoms with E-state index < -0.39 is 0 Å². The predicted octanol–water partition coefficient (Wildman–Crippen LogP) is 2.58. The molecular weight excluding hydrogens is 332 g/mol. The second-order valence-electron chi connectivity index (χ2n) is 6.00. The first kappa shape index (κ1) is 15.9. The Morgan fingerprint density at radius 3 is 2.65 bits per heavy atom. The largest absolute Gasteiger partial charge is 0.334 e. The molecule has 4 aromatic rings. The van der Waals surface area contributed by atoms with E-state index in [-0.39, 0.29) is 12.3 Å². The van der Waals surface area contributed by atoms with E-state index in [2.05, 4.69) is 25.7 Å². The molecule has 8 heteroatoms. The molecule has 1 N–H and O–H groups in total. The molecule has 0 saturated carbocycles. The third-order valence-electron chi connectivity index (χ3n) is 3.90. The van der Waals surface area contributed by atoms with E-state index in [4.69, 9.17) is 4.52 Å². The number of aromatic nitrogens is 5. The molecule has 3 heterocycles. The Morgan fingerprint density at radius 2 is 1.92 bits per heavy atom. The van der Waals surface area contributed by atoms with Gasteiger partial charge in [0.05, 0.1) is 12.0 Å². The van der Waals surface area contributed by atoms with Crippen molar-refractivity contribution in [1.82, 2.24) is 24.7 Å². The molecule has 0 fully saturated rings. The van der Waals surface area contributed by atoms with Crippen molar-refractivity contribution in [3.05, 3.63) is 59.8 Å². The average Bonchev–Trinajstić information content (AvgIpc) is 3.23. The molecule has 0 bridgehead atoms. The quantitative estimate of drug-likeness (QED) is 0.609. The Kier molecular flexibility index (Phi) is 3.92. The molecule has 26 heavy (non-hydrogen) atoms. The summed E-state index contributed by atoms with van der Waals surface area (Å²) >= 11 is 0. The molecule has 1 aromatic carbocycles. The van der Waals surface area contributed by atoms with Gasteiger partial charge >= 0.3 is 0 Å². The fourth-order valence-corrected chi connectivity index (χ4v) is 2.59. The zero-order valence-corrected chi connectivity index (χ0v) is 14.3. The topological polar surface area (TPSA) is 98.2 Å². The van der Waals surface area contributed by atoms with Gasteiger partial charge in [-0.15, -0.1) is 10.2 Å². The van der Waals surface area contributed by atoms with Gasteiger partial charge in [-0.05, 0) is 38.1 Å². The number of fused-ring (bicyclic) bond motifs is 1. The summed E-state index contributed by atoms with van der Waals surface area (Å²) in [5, 5.41) is 14.9. The molecule has 0 aliphatic heterocycles. The maximum Gasteiger partial charge on any atom is 0.259 e. The van der Waals surface area contributed by atoms with Gasteiger partial charge in [0, 0.05) is 11.9 Å². The highest BCUT2D eigenvalue weighted by Crippen LogP contribution is 2.18. The van der Waals surface area contributed by atoms with E-state index in [1.54, 1.807) is 23.6 Å². The minimum Gasteiger partial charge on any atom is -0.334 e. The van der Waals surface area contributed by atoms with Crippen molar-refractivity contribution in [2.75, 3.05) is 5.32 Å². The first-order valence-corrected chi connectivity index (χ1v) is 8.09. The number of pyridine rings is 1. The van der Waals surface area contributed by atoms with Crippen molar-refractivity contribution in [3.8, 4) is 11.5 Å². The normalized spacial score (nSPS) is 11.0. The lowest BCUT2D eigenvalue weighted by atomic mass is 10.2. The molecule has 0 unspecified atom stereocenters. The lowest BCUT2D eigenvalue weighted by Gasteiger charge is -2.05. The van der Waals surface area contributed by atoms with Crippen LogP contribution in [0.1, 0.15) is 17.2 Å². The summed E-state index contributed by atoms with van der Waals surface area (Å²) < 4.78 is 6.94. The van der Waals surface area contributed by atoms with Gasteiger partial charge in [-0.2, -0.15) is 4.98 Å². The first-order valence-electron chi connectivity index (χ1n) is 8.09. The molecule has 0 saturated heterocycles. The van der Waals surface area contributed by atoms with Gasteiger partial charge in [-0.1, -0.05) is 22.9 Å². The fourth-order valence-electron chi connectivity index (χ4n) is 2.59. The van der Waals surface area contributed by atoms with Gasteiger partial charge in [0.15, 0.2) is 11.5 Å². The minimum absolute atomic E-state index is 0.0986. The summed E-state index contributed by atoms with van der Waals surface area (Å²) in [6.45, 7) is 3.75. The number of hydrogen-bond donors (Lipinski definition) is 1. The van der Waals surface area contributed by atoms with Gasteiger partial charge in [-0.3, -0.25) is 9.20 Å². The Balaban J connectivity index is 1.58. The van der Waals surface area contributed by atoms with Crippen LogP contribution in [0.15, 0.2) is 47.1 Å². The number of anilines is 1. The summed E-state index contributed by atoms with van der Waals surface area (Å²) in [5.74, 6) is 1.33. The van der Waals surface area contributed by atoms with Crippen molar-refractivity contribution < 1.29 is 9.32 Å². The number of carbonyl (C=O) groups is 1. The number of carbonyl (C=O) groups excluding carboxylic acids is 1. The third kappa shape index (κ3) is 3.16. The van der Waals surface area contributed by atoms with Crippen LogP contribution in [-0.2, 0) is 11.2 Å². The molecule has 0 aliphatic carbocycles. The Labute approximate surface area is 148 Å². The number of rotatable bonds is 4. The summed E-state index contributed by atoms with van der Waals surface area (Å²) in [6, 6.07) is 11.2. The molecular formula is C18H16N6O2. The van der Waals surface area contributed by atoms with Crippen LogP contribution in [-0.4, -0.2) is 30.6 Å². The number of aryl methyl sites for hydroxylation is 2. The number of nitrogens with zero attached hydrogens (tertiary/aromatic N) is 5. The molecule has 4 rings (SSSR count). The number of amides is 1. The smallest absolute Gasteiger partial charge is 0.259 e. The SMILES string of the molecule is Cc1ccc(NC(=O)Cc2nnc3ccc(-c4nc(C)no4)cn23)cc1. The molecule has 130 valence electrons. The van der Waals surface area contributed by atoms with Crippen molar-refractivity contribution in [1.29, 1.82) is 0 Å². The highest BCUT2D eigenvalue weighted by atomic mass is 16.5. The van der Waals surface area contributed by atoms with Gasteiger partial charge < -0.3 is 9.84 Å². The molecule has 0 spiro atoms. The average molecular weight is 348 g/mol. The van der Waals surface area contributed by atoms with Crippen LogP contribution in [0.3, 0.4) is 0 Å². The summed E-state index contributed by atoms with van der Waals surface area (Å²) in [5.41, 5.74) is 3.26. The standard InChI is InChI=1S/C18H16N6O2/c1-11-3-6-14(7-4-11)20-17(25)9-16-22-21-15-8-5-13(10-24(15)16)18-19-12(2)23-26-18/h3-8,10H,9H2,1-2H3,(H,20,25). The molecule has 0 radical (unpaired) electrons. The van der Waals surface area contributed by atoms with Gasteiger partial charge in [0.25, 0.3) is 5.89 Å². The predicted molar refractivity (Wildman–Crippen MR) is 94.5 cm³/mol. The highest BCUT2D eigenvalue weighted by molar-refractivity contribution is 5.91. The first-order chi connectivity index (χ1) is 12.6. The van der Waals surface area contributed by atoms with Crippen LogP contribution in [0.4, 0.5) is 5.69 Å². The van der Waals surface area contributed by atoms with Gasteiger partial charge in [-0.25, -0.2) is 0 Å². The summed E-state index contributed by atoms with van der Waals surface area (Å²) in [6.07, 6.45) is 1.89. The number of nitrogens with one attached hydrogen (secondary N) is 1. The van der Waals surface area contributed by atoms with E-state index in [1.165, 1.54) is 0 Å². The van der Waals surface area contributed by atoms with Crippen LogP contribution in [0, 0.1) is 13.8 Å². The van der Waals surface area contributed by atoms with Crippen LogP contribution in [0.25, 0.3) is 17.1 Å². The zero-order chi connectivity index (χ0) is 18.1. The van der Waals surface area contributed by atoms with Crippen LogP contribution < -0.4 is 5.32 Å². The molecule has 0 atom stereocenters. The molecule has 0 aliphatic rings. The van der Waals surface area contributed by atoms with Crippen molar-refractivity contribution in [2.24, 2.45) is 0 Å². The molecule has 8 nitrogen and oxygen atoms in total. The maximum absolute atomic E-state index is 12.3. The Bertz CT molecular complexity index is 1080. The lowest BCUT2D eigenvalue weighted by molar-refractivity contribution is -0.115. The second kappa shape index (κ2) is 6.40. The Morgan fingerprint density at radius 1 is 1.12 bits per heavy atom. The van der Waals surface area contributed by atoms with Gasteiger partial charge in [0.1, 0.15) is 5.82 Å². The molecule has 3 aromatic heterocycles. The number of hydrogen-bond acceptors (Lipinski definition) is 6. The van der Waals surface area contributed by atoms with Crippen LogP contribution in [0.5, 0.6) is 0 Å². The van der Waals surface area contributed by atoms with E-state index >= 15 is 0 Å². The van der Waals surface area contributed by atoms with Crippen molar-refractivity contribution in [3.63, 3.8) is 0 Å². The van der Waals surface area contributed by atoms with Crippen molar-refractivity contribution >= 4 is 17.2 Å². The van der Waals surface area contributed by atoms with Crippen molar-refractivity contribution in [2.45, 2.75) is 20.3 Å². The lowest BCUT2D eigenvalue weighted by Crippen LogP contribution is -2.16. The minimum atomic E-state index is -0.165. The second-order valence-corrected chi connectivity index (χ2v) is 6.00. The van der Waals surface area contributed by atoms with E-state index in [1.807, 2.05) is 37.3 Å². The summed E-state index contributed by atoms with van der Waals surface area (Å²) in [7, 11) is 0. The highest BCUT2D eigenvalue weighted by Gasteiger charge is 2.13. The van der Waals surface area contributed by atoms with E-state index in [0.29, 0.717) is 23.2 Å². The maximum atomic E-state index is 12.3. The number of benzene rings is 1. The zero-order valence-electron chi connectivity index (χ0n) is 14.3. The monoisotopic (exact) mass is 348 g/mol. The van der Waals surface area contributed by atoms with Crippen LogP contribution in [0.2, 0.25) is 0 Å².